The summed E-state index contributed by atoms with van der Waals surface area (Å²) in [5, 5.41) is 5.59. The van der Waals surface area contributed by atoms with Crippen LogP contribution in [-0.4, -0.2) is 24.9 Å². The average molecular weight is 380 g/mol. The number of carbonyl (C=O) groups is 2. The van der Waals surface area contributed by atoms with E-state index in [-0.39, 0.29) is 18.2 Å². The van der Waals surface area contributed by atoms with Crippen LogP contribution in [0.15, 0.2) is 48.5 Å². The smallest absolute Gasteiger partial charge is 0.233 e. The number of rotatable bonds is 6. The van der Waals surface area contributed by atoms with E-state index in [1.54, 1.807) is 0 Å². The number of carbonyl (C=O) groups excluding carboxylic acids is 2. The van der Waals surface area contributed by atoms with Gasteiger partial charge in [-0.1, -0.05) is 36.8 Å². The van der Waals surface area contributed by atoms with E-state index in [0.717, 1.165) is 30.1 Å². The first kappa shape index (κ1) is 19.9. The van der Waals surface area contributed by atoms with Crippen LogP contribution in [0.4, 0.5) is 11.4 Å². The first-order valence-electron chi connectivity index (χ1n) is 9.97. The van der Waals surface area contributed by atoms with E-state index in [2.05, 4.69) is 22.5 Å². The standard InChI is InChI=1S/C23H29N3O2/c1-17-10-12-26(13-11-17)21-8-6-20(7-9-21)25-23(28)15-22(27)24-16-19-5-3-4-18(2)14-19/h3-9,14,17H,10-13,15-16H2,1-2H3,(H,24,27)(H,25,28). The third kappa shape index (κ3) is 5.84. The number of benzene rings is 2. The number of nitrogens with zero attached hydrogens (tertiary/aromatic N) is 1. The molecular formula is C23H29N3O2. The summed E-state index contributed by atoms with van der Waals surface area (Å²) in [5.41, 5.74) is 4.06. The predicted molar refractivity (Wildman–Crippen MR) is 113 cm³/mol. The second-order valence-corrected chi connectivity index (χ2v) is 7.71. The largest absolute Gasteiger partial charge is 0.372 e. The molecule has 0 unspecified atom stereocenters. The molecule has 5 heteroatoms. The van der Waals surface area contributed by atoms with Crippen LogP contribution in [0, 0.1) is 12.8 Å². The zero-order valence-corrected chi connectivity index (χ0v) is 16.7. The Morgan fingerprint density at radius 1 is 1.04 bits per heavy atom. The van der Waals surface area contributed by atoms with E-state index in [0.29, 0.717) is 12.2 Å². The number of hydrogen-bond acceptors (Lipinski definition) is 3. The first-order valence-corrected chi connectivity index (χ1v) is 9.97. The molecule has 28 heavy (non-hydrogen) atoms. The Hall–Kier alpha value is -2.82. The van der Waals surface area contributed by atoms with E-state index in [4.69, 9.17) is 0 Å². The van der Waals surface area contributed by atoms with E-state index in [1.807, 2.05) is 55.5 Å². The molecule has 3 rings (SSSR count). The van der Waals surface area contributed by atoms with Crippen molar-refractivity contribution in [2.24, 2.45) is 5.92 Å². The van der Waals surface area contributed by atoms with Crippen molar-refractivity contribution >= 4 is 23.2 Å². The molecule has 2 aromatic carbocycles. The number of anilines is 2. The van der Waals surface area contributed by atoms with Crippen LogP contribution in [0.1, 0.15) is 37.3 Å². The van der Waals surface area contributed by atoms with E-state index in [1.165, 1.54) is 18.5 Å². The van der Waals surface area contributed by atoms with Gasteiger partial charge in [-0.15, -0.1) is 0 Å². The maximum atomic E-state index is 12.1. The van der Waals surface area contributed by atoms with Crippen LogP contribution in [0.25, 0.3) is 0 Å². The molecule has 0 atom stereocenters. The first-order chi connectivity index (χ1) is 13.5. The molecule has 148 valence electrons. The van der Waals surface area contributed by atoms with Gasteiger partial charge >= 0.3 is 0 Å². The minimum atomic E-state index is -0.304. The minimum Gasteiger partial charge on any atom is -0.372 e. The fraction of sp³-hybridized carbons (Fsp3) is 0.391. The molecule has 1 heterocycles. The van der Waals surface area contributed by atoms with Crippen molar-refractivity contribution < 1.29 is 9.59 Å². The number of hydrogen-bond donors (Lipinski definition) is 2. The summed E-state index contributed by atoms with van der Waals surface area (Å²) >= 11 is 0. The number of aryl methyl sites for hydroxylation is 1. The van der Waals surface area contributed by atoms with Gasteiger partial charge in [0, 0.05) is 31.0 Å². The second kappa shape index (κ2) is 9.40. The van der Waals surface area contributed by atoms with Crippen LogP contribution in [0.5, 0.6) is 0 Å². The van der Waals surface area contributed by atoms with Crippen molar-refractivity contribution in [1.29, 1.82) is 0 Å². The van der Waals surface area contributed by atoms with Gasteiger partial charge in [-0.25, -0.2) is 0 Å². The van der Waals surface area contributed by atoms with Gasteiger partial charge in [-0.3, -0.25) is 9.59 Å². The highest BCUT2D eigenvalue weighted by atomic mass is 16.2. The third-order valence-corrected chi connectivity index (χ3v) is 5.19. The highest BCUT2D eigenvalue weighted by molar-refractivity contribution is 6.03. The van der Waals surface area contributed by atoms with Crippen LogP contribution in [0.2, 0.25) is 0 Å². The van der Waals surface area contributed by atoms with Gasteiger partial charge in [0.15, 0.2) is 0 Å². The zero-order valence-electron chi connectivity index (χ0n) is 16.7. The van der Waals surface area contributed by atoms with Gasteiger partial charge in [0.05, 0.1) is 0 Å². The molecule has 0 saturated carbocycles. The van der Waals surface area contributed by atoms with Gasteiger partial charge in [0.25, 0.3) is 0 Å². The minimum absolute atomic E-state index is 0.183. The normalized spacial score (nSPS) is 14.6. The van der Waals surface area contributed by atoms with Crippen molar-refractivity contribution in [2.75, 3.05) is 23.3 Å². The molecule has 0 spiro atoms. The molecule has 1 saturated heterocycles. The molecule has 2 amide bonds. The van der Waals surface area contributed by atoms with Crippen molar-refractivity contribution in [3.8, 4) is 0 Å². The number of piperidine rings is 1. The van der Waals surface area contributed by atoms with Gasteiger partial charge in [0.2, 0.25) is 11.8 Å². The van der Waals surface area contributed by atoms with Gasteiger partial charge < -0.3 is 15.5 Å². The predicted octanol–water partition coefficient (Wildman–Crippen LogP) is 3.88. The molecule has 0 bridgehead atoms. The molecule has 2 aromatic rings. The summed E-state index contributed by atoms with van der Waals surface area (Å²) in [6, 6.07) is 15.8. The molecule has 5 nitrogen and oxygen atoms in total. The summed E-state index contributed by atoms with van der Waals surface area (Å²) in [5.74, 6) is 0.214. The lowest BCUT2D eigenvalue weighted by atomic mass is 9.99. The quantitative estimate of drug-likeness (QED) is 0.749. The Bertz CT molecular complexity index is 809. The molecular weight excluding hydrogens is 350 g/mol. The molecule has 1 fully saturated rings. The zero-order chi connectivity index (χ0) is 19.9. The fourth-order valence-electron chi connectivity index (χ4n) is 3.46. The highest BCUT2D eigenvalue weighted by Crippen LogP contribution is 2.24. The Labute approximate surface area is 167 Å². The maximum Gasteiger partial charge on any atom is 0.233 e. The van der Waals surface area contributed by atoms with E-state index >= 15 is 0 Å². The van der Waals surface area contributed by atoms with E-state index < -0.39 is 0 Å². The second-order valence-electron chi connectivity index (χ2n) is 7.71. The monoisotopic (exact) mass is 379 g/mol. The number of nitrogens with one attached hydrogen (secondary N) is 2. The molecule has 2 N–H and O–H groups in total. The van der Waals surface area contributed by atoms with Crippen LogP contribution >= 0.6 is 0 Å². The summed E-state index contributed by atoms with van der Waals surface area (Å²) in [6.07, 6.45) is 2.25. The summed E-state index contributed by atoms with van der Waals surface area (Å²) in [4.78, 5) is 26.5. The molecule has 1 aliphatic rings. The van der Waals surface area contributed by atoms with Crippen LogP contribution in [0.3, 0.4) is 0 Å². The van der Waals surface area contributed by atoms with Crippen molar-refractivity contribution in [3.05, 3.63) is 59.7 Å². The van der Waals surface area contributed by atoms with Crippen molar-refractivity contribution in [3.63, 3.8) is 0 Å². The lowest BCUT2D eigenvalue weighted by molar-refractivity contribution is -0.126. The Morgan fingerprint density at radius 3 is 2.43 bits per heavy atom. The topological polar surface area (TPSA) is 61.4 Å². The summed E-state index contributed by atoms with van der Waals surface area (Å²) in [6.45, 7) is 6.89. The molecule has 1 aliphatic heterocycles. The summed E-state index contributed by atoms with van der Waals surface area (Å²) in [7, 11) is 0. The Balaban J connectivity index is 1.44. The lowest BCUT2D eigenvalue weighted by Crippen LogP contribution is -2.32. The van der Waals surface area contributed by atoms with Crippen molar-refractivity contribution in [1.82, 2.24) is 5.32 Å². The average Bonchev–Trinajstić information content (AvgIpc) is 2.68. The maximum absolute atomic E-state index is 12.1. The fourth-order valence-corrected chi connectivity index (χ4v) is 3.46. The molecule has 0 radical (unpaired) electrons. The third-order valence-electron chi connectivity index (χ3n) is 5.19. The highest BCUT2D eigenvalue weighted by Gasteiger charge is 2.16. The van der Waals surface area contributed by atoms with Gasteiger partial charge in [0.1, 0.15) is 6.42 Å². The molecule has 0 aromatic heterocycles. The number of amides is 2. The Kier molecular flexibility index (Phi) is 6.69. The van der Waals surface area contributed by atoms with Crippen molar-refractivity contribution in [2.45, 2.75) is 39.7 Å². The Morgan fingerprint density at radius 2 is 1.75 bits per heavy atom. The summed E-state index contributed by atoms with van der Waals surface area (Å²) < 4.78 is 0. The van der Waals surface area contributed by atoms with Gasteiger partial charge in [-0.2, -0.15) is 0 Å². The molecule has 0 aliphatic carbocycles. The van der Waals surface area contributed by atoms with Crippen LogP contribution in [-0.2, 0) is 16.1 Å². The SMILES string of the molecule is Cc1cccc(CNC(=O)CC(=O)Nc2ccc(N3CCC(C)CC3)cc2)c1. The van der Waals surface area contributed by atoms with E-state index in [9.17, 15) is 9.59 Å². The van der Waals surface area contributed by atoms with Crippen LogP contribution < -0.4 is 15.5 Å². The van der Waals surface area contributed by atoms with Gasteiger partial charge in [-0.05, 0) is 55.5 Å². The lowest BCUT2D eigenvalue weighted by Gasteiger charge is -2.32.